The third-order valence-electron chi connectivity index (χ3n) is 3.21. The number of rotatable bonds is 6. The van der Waals surface area contributed by atoms with E-state index in [0.717, 1.165) is 5.56 Å². The van der Waals surface area contributed by atoms with Crippen LogP contribution in [-0.2, 0) is 23.1 Å². The Morgan fingerprint density at radius 1 is 1.24 bits per heavy atom. The number of nitrogens with zero attached hydrogens (tertiary/aromatic N) is 1. The third kappa shape index (κ3) is 3.49. The first kappa shape index (κ1) is 15.7. The SMILES string of the molecule is Cc1oc(C)c(S(=O)(=O)NCCc2ccncc2)c1CO. The molecule has 0 unspecified atom stereocenters. The second-order valence-corrected chi connectivity index (χ2v) is 6.39. The zero-order valence-electron chi connectivity index (χ0n) is 12.0. The fraction of sp³-hybridized carbons (Fsp3) is 0.357. The van der Waals surface area contributed by atoms with E-state index in [1.807, 2.05) is 12.1 Å². The molecule has 2 rings (SSSR count). The minimum absolute atomic E-state index is 0.0391. The van der Waals surface area contributed by atoms with Gasteiger partial charge in [0.1, 0.15) is 16.4 Å². The highest BCUT2D eigenvalue weighted by Crippen LogP contribution is 2.26. The van der Waals surface area contributed by atoms with Gasteiger partial charge >= 0.3 is 0 Å². The zero-order chi connectivity index (χ0) is 15.5. The van der Waals surface area contributed by atoms with Gasteiger partial charge in [-0.1, -0.05) is 0 Å². The summed E-state index contributed by atoms with van der Waals surface area (Å²) in [5.74, 6) is 0.706. The topological polar surface area (TPSA) is 92.4 Å². The predicted molar refractivity (Wildman–Crippen MR) is 77.2 cm³/mol. The number of hydrogen-bond acceptors (Lipinski definition) is 5. The van der Waals surface area contributed by atoms with Gasteiger partial charge in [0.15, 0.2) is 0 Å². The van der Waals surface area contributed by atoms with E-state index in [4.69, 9.17) is 4.42 Å². The zero-order valence-corrected chi connectivity index (χ0v) is 12.8. The number of pyridine rings is 1. The van der Waals surface area contributed by atoms with E-state index < -0.39 is 10.0 Å². The molecule has 0 fully saturated rings. The van der Waals surface area contributed by atoms with Crippen LogP contribution in [0.2, 0.25) is 0 Å². The Balaban J connectivity index is 2.12. The van der Waals surface area contributed by atoms with Gasteiger partial charge in [-0.25, -0.2) is 13.1 Å². The van der Waals surface area contributed by atoms with Crippen molar-refractivity contribution in [1.82, 2.24) is 9.71 Å². The van der Waals surface area contributed by atoms with Gasteiger partial charge in [0.2, 0.25) is 10.0 Å². The molecular formula is C14H18N2O4S. The molecule has 2 aromatic heterocycles. The van der Waals surface area contributed by atoms with E-state index in [1.54, 1.807) is 26.2 Å². The summed E-state index contributed by atoms with van der Waals surface area (Å²) in [6.45, 7) is 3.10. The first-order valence-corrected chi connectivity index (χ1v) is 8.02. The van der Waals surface area contributed by atoms with E-state index in [0.29, 0.717) is 17.7 Å². The van der Waals surface area contributed by atoms with Crippen molar-refractivity contribution in [3.05, 3.63) is 47.2 Å². The monoisotopic (exact) mass is 310 g/mol. The fourth-order valence-electron chi connectivity index (χ4n) is 2.20. The van der Waals surface area contributed by atoms with E-state index in [1.165, 1.54) is 0 Å². The van der Waals surface area contributed by atoms with Gasteiger partial charge < -0.3 is 9.52 Å². The number of sulfonamides is 1. The molecule has 2 N–H and O–H groups in total. The van der Waals surface area contributed by atoms with Crippen molar-refractivity contribution in [2.45, 2.75) is 31.8 Å². The lowest BCUT2D eigenvalue weighted by Crippen LogP contribution is -2.27. The van der Waals surface area contributed by atoms with Crippen molar-refractivity contribution in [1.29, 1.82) is 0 Å². The van der Waals surface area contributed by atoms with Gasteiger partial charge in [0.05, 0.1) is 6.61 Å². The maximum absolute atomic E-state index is 12.3. The molecule has 0 spiro atoms. The molecule has 0 saturated heterocycles. The summed E-state index contributed by atoms with van der Waals surface area (Å²) < 4.78 is 32.5. The summed E-state index contributed by atoms with van der Waals surface area (Å²) in [4.78, 5) is 3.95. The molecule has 0 aliphatic carbocycles. The Morgan fingerprint density at radius 3 is 2.52 bits per heavy atom. The molecule has 0 bridgehead atoms. The van der Waals surface area contributed by atoms with Gasteiger partial charge in [0.25, 0.3) is 0 Å². The maximum atomic E-state index is 12.3. The number of aliphatic hydroxyl groups excluding tert-OH is 1. The van der Waals surface area contributed by atoms with Crippen molar-refractivity contribution in [2.75, 3.05) is 6.54 Å². The van der Waals surface area contributed by atoms with Crippen LogP contribution in [0.25, 0.3) is 0 Å². The summed E-state index contributed by atoms with van der Waals surface area (Å²) >= 11 is 0. The largest absolute Gasteiger partial charge is 0.465 e. The molecule has 0 aromatic carbocycles. The normalized spacial score (nSPS) is 11.8. The summed E-state index contributed by atoms with van der Waals surface area (Å²) in [5.41, 5.74) is 1.30. The Hall–Kier alpha value is -1.70. The van der Waals surface area contributed by atoms with Gasteiger partial charge in [-0.3, -0.25) is 4.98 Å². The Bertz CT molecular complexity index is 708. The molecular weight excluding hydrogens is 292 g/mol. The van der Waals surface area contributed by atoms with Crippen molar-refractivity contribution in [3.63, 3.8) is 0 Å². The highest BCUT2D eigenvalue weighted by Gasteiger charge is 2.25. The summed E-state index contributed by atoms with van der Waals surface area (Å²) in [7, 11) is -3.70. The fourth-order valence-corrected chi connectivity index (χ4v) is 3.66. The quantitative estimate of drug-likeness (QED) is 0.839. The van der Waals surface area contributed by atoms with Crippen molar-refractivity contribution in [2.24, 2.45) is 0 Å². The Labute approximate surface area is 123 Å². The lowest BCUT2D eigenvalue weighted by atomic mass is 10.2. The van der Waals surface area contributed by atoms with Crippen molar-refractivity contribution >= 4 is 10.0 Å². The number of aliphatic hydroxyl groups is 1. The summed E-state index contributed by atoms with van der Waals surface area (Å²) in [6, 6.07) is 3.67. The molecule has 0 saturated carbocycles. The molecule has 0 aliphatic heterocycles. The minimum Gasteiger partial charge on any atom is -0.465 e. The lowest BCUT2D eigenvalue weighted by Gasteiger charge is -2.07. The van der Waals surface area contributed by atoms with E-state index >= 15 is 0 Å². The van der Waals surface area contributed by atoms with Gasteiger partial charge in [-0.15, -0.1) is 0 Å². The van der Waals surface area contributed by atoms with Crippen LogP contribution in [0, 0.1) is 13.8 Å². The smallest absolute Gasteiger partial charge is 0.244 e. The number of aromatic nitrogens is 1. The first-order chi connectivity index (χ1) is 9.95. The number of hydrogen-bond donors (Lipinski definition) is 2. The third-order valence-corrected chi connectivity index (χ3v) is 4.86. The van der Waals surface area contributed by atoms with Crippen LogP contribution in [0.15, 0.2) is 33.8 Å². The molecule has 0 amide bonds. The average Bonchev–Trinajstić information content (AvgIpc) is 2.74. The molecule has 2 aromatic rings. The summed E-state index contributed by atoms with van der Waals surface area (Å²) in [6.07, 6.45) is 3.89. The molecule has 0 aliphatic rings. The van der Waals surface area contributed by atoms with Crippen LogP contribution < -0.4 is 4.72 Å². The van der Waals surface area contributed by atoms with Crippen LogP contribution in [0.3, 0.4) is 0 Å². The molecule has 21 heavy (non-hydrogen) atoms. The van der Waals surface area contributed by atoms with Crippen LogP contribution in [0.4, 0.5) is 0 Å². The van der Waals surface area contributed by atoms with Gasteiger partial charge in [-0.05, 0) is 38.0 Å². The second-order valence-electron chi connectivity index (χ2n) is 4.68. The van der Waals surface area contributed by atoms with E-state index in [2.05, 4.69) is 9.71 Å². The average molecular weight is 310 g/mol. The standard InChI is InChI=1S/C14H18N2O4S/c1-10-13(9-17)14(11(2)20-10)21(18,19)16-8-5-12-3-6-15-7-4-12/h3-4,6-7,16-17H,5,8-9H2,1-2H3. The van der Waals surface area contributed by atoms with Gasteiger partial charge in [-0.2, -0.15) is 0 Å². The lowest BCUT2D eigenvalue weighted by molar-refractivity contribution is 0.276. The van der Waals surface area contributed by atoms with Crippen LogP contribution in [0.1, 0.15) is 22.6 Å². The van der Waals surface area contributed by atoms with Crippen LogP contribution in [-0.4, -0.2) is 25.1 Å². The molecule has 6 nitrogen and oxygen atoms in total. The van der Waals surface area contributed by atoms with Crippen molar-refractivity contribution < 1.29 is 17.9 Å². The molecule has 2 heterocycles. The highest BCUT2D eigenvalue weighted by atomic mass is 32.2. The van der Waals surface area contributed by atoms with Crippen molar-refractivity contribution in [3.8, 4) is 0 Å². The van der Waals surface area contributed by atoms with Crippen LogP contribution in [0.5, 0.6) is 0 Å². The molecule has 0 atom stereocenters. The van der Waals surface area contributed by atoms with Gasteiger partial charge in [0, 0.05) is 24.5 Å². The Morgan fingerprint density at radius 2 is 1.90 bits per heavy atom. The molecule has 0 radical (unpaired) electrons. The molecule has 114 valence electrons. The predicted octanol–water partition coefficient (Wildman–Crippen LogP) is 1.30. The number of furan rings is 1. The highest BCUT2D eigenvalue weighted by molar-refractivity contribution is 7.89. The second kappa shape index (κ2) is 6.38. The van der Waals surface area contributed by atoms with Crippen LogP contribution >= 0.6 is 0 Å². The molecule has 7 heteroatoms. The number of nitrogens with one attached hydrogen (secondary N) is 1. The summed E-state index contributed by atoms with van der Waals surface area (Å²) in [5, 5.41) is 9.32. The first-order valence-electron chi connectivity index (χ1n) is 6.54. The maximum Gasteiger partial charge on any atom is 0.244 e. The van der Waals surface area contributed by atoms with E-state index in [9.17, 15) is 13.5 Å². The van der Waals surface area contributed by atoms with E-state index in [-0.39, 0.29) is 23.8 Å². The minimum atomic E-state index is -3.70. The number of aryl methyl sites for hydroxylation is 2. The Kier molecular flexibility index (Phi) is 4.76.